The molecule has 1 aromatic carbocycles. The summed E-state index contributed by atoms with van der Waals surface area (Å²) < 4.78 is 37.0. The van der Waals surface area contributed by atoms with Gasteiger partial charge in [0.1, 0.15) is 5.82 Å². The Kier molecular flexibility index (Phi) is 3.55. The number of nitrogens with two attached hydrogens (primary N) is 1. The molecule has 0 atom stereocenters. The highest BCUT2D eigenvalue weighted by molar-refractivity contribution is 5.51. The van der Waals surface area contributed by atoms with Crippen LogP contribution in [0.4, 0.5) is 20.3 Å². The second-order valence-electron chi connectivity index (χ2n) is 4.01. The Hall–Kier alpha value is -2.31. The molecule has 0 unspecified atom stereocenters. The van der Waals surface area contributed by atoms with Crippen LogP contribution in [0.3, 0.4) is 0 Å². The van der Waals surface area contributed by atoms with E-state index in [1.54, 1.807) is 7.05 Å². The molecule has 0 aliphatic heterocycles. The van der Waals surface area contributed by atoms with Gasteiger partial charge in [0.2, 0.25) is 0 Å². The van der Waals surface area contributed by atoms with Crippen LogP contribution in [0, 0.1) is 11.6 Å². The predicted octanol–water partition coefficient (Wildman–Crippen LogP) is 2.18. The third-order valence-electron chi connectivity index (χ3n) is 2.60. The van der Waals surface area contributed by atoms with Gasteiger partial charge in [-0.15, -0.1) is 0 Å². The lowest BCUT2D eigenvalue weighted by Gasteiger charge is -2.19. The molecule has 1 heterocycles. The van der Waals surface area contributed by atoms with Crippen molar-refractivity contribution in [2.24, 2.45) is 0 Å². The topological polar surface area (TPSA) is 64.5 Å². The van der Waals surface area contributed by atoms with Gasteiger partial charge in [-0.3, -0.25) is 0 Å². The average molecular weight is 269 g/mol. The van der Waals surface area contributed by atoms with E-state index >= 15 is 0 Å². The van der Waals surface area contributed by atoms with Crippen molar-refractivity contribution in [1.82, 2.24) is 5.16 Å². The highest BCUT2D eigenvalue weighted by atomic mass is 19.1. The molecule has 0 aliphatic rings. The van der Waals surface area contributed by atoms with Crippen LogP contribution >= 0.6 is 0 Å². The number of methoxy groups -OCH3 is 1. The molecule has 0 aliphatic carbocycles. The van der Waals surface area contributed by atoms with E-state index in [4.69, 9.17) is 15.0 Å². The van der Waals surface area contributed by atoms with Crippen LogP contribution in [0.1, 0.15) is 5.76 Å². The van der Waals surface area contributed by atoms with E-state index in [-0.39, 0.29) is 23.8 Å². The van der Waals surface area contributed by atoms with Crippen LogP contribution in [-0.2, 0) is 6.54 Å². The first-order valence-corrected chi connectivity index (χ1v) is 5.46. The molecule has 1 aromatic heterocycles. The normalized spacial score (nSPS) is 10.5. The van der Waals surface area contributed by atoms with Crippen molar-refractivity contribution >= 4 is 11.5 Å². The van der Waals surface area contributed by atoms with Gasteiger partial charge in [0.25, 0.3) is 0 Å². The lowest BCUT2D eigenvalue weighted by molar-refractivity contribution is 0.380. The van der Waals surface area contributed by atoms with E-state index in [0.29, 0.717) is 5.76 Å². The number of rotatable bonds is 4. The second-order valence-corrected chi connectivity index (χ2v) is 4.01. The molecular weight excluding hydrogens is 256 g/mol. The first kappa shape index (κ1) is 13.1. The van der Waals surface area contributed by atoms with Crippen molar-refractivity contribution in [3.63, 3.8) is 0 Å². The zero-order chi connectivity index (χ0) is 14.0. The predicted molar refractivity (Wildman–Crippen MR) is 65.9 cm³/mol. The van der Waals surface area contributed by atoms with Crippen molar-refractivity contribution in [3.05, 3.63) is 35.6 Å². The average Bonchev–Trinajstić information content (AvgIpc) is 2.77. The first-order chi connectivity index (χ1) is 9.01. The Morgan fingerprint density at radius 3 is 2.63 bits per heavy atom. The Bertz CT molecular complexity index is 586. The maximum absolute atomic E-state index is 13.8. The highest BCUT2D eigenvalue weighted by Gasteiger charge is 2.15. The van der Waals surface area contributed by atoms with Gasteiger partial charge >= 0.3 is 0 Å². The van der Waals surface area contributed by atoms with E-state index in [1.165, 1.54) is 18.1 Å². The highest BCUT2D eigenvalue weighted by Crippen LogP contribution is 2.27. The van der Waals surface area contributed by atoms with Crippen molar-refractivity contribution < 1.29 is 18.0 Å². The van der Waals surface area contributed by atoms with Crippen LogP contribution in [-0.4, -0.2) is 19.3 Å². The number of aromatic nitrogens is 1. The lowest BCUT2D eigenvalue weighted by Crippen LogP contribution is -2.17. The van der Waals surface area contributed by atoms with Crippen molar-refractivity contribution in [3.8, 4) is 5.75 Å². The van der Waals surface area contributed by atoms with Gasteiger partial charge in [-0.2, -0.15) is 0 Å². The Morgan fingerprint density at radius 1 is 1.32 bits per heavy atom. The molecule has 0 radical (unpaired) electrons. The summed E-state index contributed by atoms with van der Waals surface area (Å²) in [6.45, 7) is 0.215. The molecule has 0 amide bonds. The summed E-state index contributed by atoms with van der Waals surface area (Å²) in [5, 5.41) is 3.52. The number of halogens is 2. The Balaban J connectivity index is 2.23. The summed E-state index contributed by atoms with van der Waals surface area (Å²) in [5.41, 5.74) is 5.50. The summed E-state index contributed by atoms with van der Waals surface area (Å²) in [5.74, 6) is -0.671. The second kappa shape index (κ2) is 5.13. The number of hydrogen-bond donors (Lipinski definition) is 1. The number of anilines is 2. The summed E-state index contributed by atoms with van der Waals surface area (Å²) in [6.07, 6.45) is 0. The zero-order valence-corrected chi connectivity index (χ0v) is 10.5. The number of nitrogen functional groups attached to an aromatic ring is 1. The van der Waals surface area contributed by atoms with Crippen LogP contribution in [0.2, 0.25) is 0 Å². The molecule has 2 aromatic rings. The summed E-state index contributed by atoms with van der Waals surface area (Å²) >= 11 is 0. The van der Waals surface area contributed by atoms with Gasteiger partial charge in [0.15, 0.2) is 23.1 Å². The third kappa shape index (κ3) is 2.75. The number of benzene rings is 1. The molecule has 19 heavy (non-hydrogen) atoms. The molecule has 2 rings (SSSR count). The SMILES string of the molecule is COc1cc(F)c(N(C)Cc2cc(N)no2)cc1F. The van der Waals surface area contributed by atoms with Crippen molar-refractivity contribution in [1.29, 1.82) is 0 Å². The van der Waals surface area contributed by atoms with Crippen LogP contribution in [0.5, 0.6) is 5.75 Å². The maximum atomic E-state index is 13.8. The smallest absolute Gasteiger partial charge is 0.167 e. The van der Waals surface area contributed by atoms with Gasteiger partial charge in [0, 0.05) is 25.2 Å². The quantitative estimate of drug-likeness (QED) is 0.921. The van der Waals surface area contributed by atoms with Gasteiger partial charge in [-0.05, 0) is 0 Å². The third-order valence-corrected chi connectivity index (χ3v) is 2.60. The van der Waals surface area contributed by atoms with Gasteiger partial charge in [-0.1, -0.05) is 5.16 Å². The Labute approximate surface area is 108 Å². The largest absolute Gasteiger partial charge is 0.494 e. The van der Waals surface area contributed by atoms with Crippen LogP contribution in [0.15, 0.2) is 22.7 Å². The van der Waals surface area contributed by atoms with Crippen LogP contribution < -0.4 is 15.4 Å². The molecule has 102 valence electrons. The standard InChI is InChI=1S/C12H13F2N3O2/c1-17(6-7-3-12(15)16-19-7)10-4-9(14)11(18-2)5-8(10)13/h3-5H,6H2,1-2H3,(H2,15,16). The lowest BCUT2D eigenvalue weighted by atomic mass is 10.2. The fourth-order valence-electron chi connectivity index (χ4n) is 1.69. The molecule has 7 heteroatoms. The summed E-state index contributed by atoms with van der Waals surface area (Å²) in [6, 6.07) is 3.58. The van der Waals surface area contributed by atoms with E-state index < -0.39 is 11.6 Å². The van der Waals surface area contributed by atoms with Gasteiger partial charge < -0.3 is 19.9 Å². The first-order valence-electron chi connectivity index (χ1n) is 5.46. The van der Waals surface area contributed by atoms with Crippen LogP contribution in [0.25, 0.3) is 0 Å². The van der Waals surface area contributed by atoms with E-state index in [1.807, 2.05) is 0 Å². The molecule has 5 nitrogen and oxygen atoms in total. The Morgan fingerprint density at radius 2 is 2.05 bits per heavy atom. The summed E-state index contributed by atoms with van der Waals surface area (Å²) in [7, 11) is 2.88. The molecule has 0 saturated carbocycles. The molecule has 0 spiro atoms. The fourth-order valence-corrected chi connectivity index (χ4v) is 1.69. The van der Waals surface area contributed by atoms with Gasteiger partial charge in [-0.25, -0.2) is 8.78 Å². The fraction of sp³-hybridized carbons (Fsp3) is 0.250. The zero-order valence-electron chi connectivity index (χ0n) is 10.5. The molecule has 2 N–H and O–H groups in total. The molecular formula is C12H13F2N3O2. The monoisotopic (exact) mass is 269 g/mol. The molecule has 0 saturated heterocycles. The number of nitrogens with zero attached hydrogens (tertiary/aromatic N) is 2. The van der Waals surface area contributed by atoms with E-state index in [2.05, 4.69) is 5.16 Å². The number of hydrogen-bond acceptors (Lipinski definition) is 5. The molecule has 0 fully saturated rings. The summed E-state index contributed by atoms with van der Waals surface area (Å²) in [4.78, 5) is 1.48. The minimum Gasteiger partial charge on any atom is -0.494 e. The van der Waals surface area contributed by atoms with E-state index in [0.717, 1.165) is 12.1 Å². The molecule has 0 bridgehead atoms. The minimum absolute atomic E-state index is 0.0910. The van der Waals surface area contributed by atoms with Crippen molar-refractivity contribution in [2.75, 3.05) is 24.8 Å². The number of ether oxygens (including phenoxy) is 1. The van der Waals surface area contributed by atoms with E-state index in [9.17, 15) is 8.78 Å². The minimum atomic E-state index is -0.636. The van der Waals surface area contributed by atoms with Crippen molar-refractivity contribution in [2.45, 2.75) is 6.54 Å². The van der Waals surface area contributed by atoms with Gasteiger partial charge in [0.05, 0.1) is 19.3 Å². The maximum Gasteiger partial charge on any atom is 0.167 e.